The molecule has 7 heteroatoms. The first-order chi connectivity index (χ1) is 12.7. The number of esters is 1. The van der Waals surface area contributed by atoms with Crippen molar-refractivity contribution in [2.24, 2.45) is 0 Å². The Hall–Kier alpha value is -2.24. The van der Waals surface area contributed by atoms with E-state index in [1.165, 1.54) is 0 Å². The fourth-order valence-electron chi connectivity index (χ4n) is 2.29. The molecule has 0 heterocycles. The Morgan fingerprint density at radius 1 is 1.07 bits per heavy atom. The molecule has 5 nitrogen and oxygen atoms in total. The van der Waals surface area contributed by atoms with Crippen molar-refractivity contribution in [1.29, 1.82) is 0 Å². The van der Waals surface area contributed by atoms with Gasteiger partial charge in [0.2, 0.25) is 0 Å². The molecule has 1 amide bonds. The highest BCUT2D eigenvalue weighted by Crippen LogP contribution is 2.22. The average molecular weight is 410 g/mol. The summed E-state index contributed by atoms with van der Waals surface area (Å²) in [7, 11) is 0. The van der Waals surface area contributed by atoms with E-state index in [9.17, 15) is 9.59 Å². The summed E-state index contributed by atoms with van der Waals surface area (Å²) < 4.78 is 10.7. The molecule has 27 heavy (non-hydrogen) atoms. The minimum atomic E-state index is -1.26. The fraction of sp³-hybridized carbons (Fsp3) is 0.300. The van der Waals surface area contributed by atoms with E-state index in [0.717, 1.165) is 5.56 Å². The first-order valence-electron chi connectivity index (χ1n) is 8.34. The standard InChI is InChI=1S/C20H21Cl2NO4/c1-13(14-5-4-6-16(22)11-14)23-18(24)12-26-19(25)20(2,3)27-17-9-7-15(21)8-10-17/h4-11,13H,12H2,1-3H3,(H,23,24)/t13-/m0/s1. The van der Waals surface area contributed by atoms with Crippen LogP contribution in [0.1, 0.15) is 32.4 Å². The van der Waals surface area contributed by atoms with Crippen LogP contribution in [-0.2, 0) is 14.3 Å². The van der Waals surface area contributed by atoms with Crippen LogP contribution in [0.4, 0.5) is 0 Å². The van der Waals surface area contributed by atoms with Gasteiger partial charge in [0.15, 0.2) is 12.2 Å². The molecule has 2 aromatic carbocycles. The molecule has 0 aromatic heterocycles. The van der Waals surface area contributed by atoms with E-state index in [0.29, 0.717) is 15.8 Å². The second-order valence-electron chi connectivity index (χ2n) is 6.49. The number of nitrogens with one attached hydrogen (secondary N) is 1. The maximum atomic E-state index is 12.3. The lowest BCUT2D eigenvalue weighted by Crippen LogP contribution is -2.41. The van der Waals surface area contributed by atoms with E-state index in [-0.39, 0.29) is 6.04 Å². The third-order valence-corrected chi connectivity index (χ3v) is 4.23. The second kappa shape index (κ2) is 9.11. The van der Waals surface area contributed by atoms with Crippen LogP contribution < -0.4 is 10.1 Å². The maximum absolute atomic E-state index is 12.3. The highest BCUT2D eigenvalue weighted by Gasteiger charge is 2.32. The van der Waals surface area contributed by atoms with Gasteiger partial charge >= 0.3 is 5.97 Å². The first-order valence-corrected chi connectivity index (χ1v) is 9.09. The van der Waals surface area contributed by atoms with Crippen LogP contribution in [-0.4, -0.2) is 24.1 Å². The number of carbonyl (C=O) groups excluding carboxylic acids is 2. The molecule has 1 atom stereocenters. The number of hydrogen-bond donors (Lipinski definition) is 1. The fourth-order valence-corrected chi connectivity index (χ4v) is 2.61. The molecule has 0 fully saturated rings. The lowest BCUT2D eigenvalue weighted by Gasteiger charge is -2.24. The Kier molecular flexibility index (Phi) is 7.11. The molecule has 1 N–H and O–H groups in total. The van der Waals surface area contributed by atoms with Gasteiger partial charge < -0.3 is 14.8 Å². The van der Waals surface area contributed by atoms with Crippen LogP contribution in [0.15, 0.2) is 48.5 Å². The zero-order valence-corrected chi connectivity index (χ0v) is 16.8. The Bertz CT molecular complexity index is 806. The van der Waals surface area contributed by atoms with Crippen LogP contribution in [0.3, 0.4) is 0 Å². The van der Waals surface area contributed by atoms with Gasteiger partial charge in [0, 0.05) is 10.0 Å². The van der Waals surface area contributed by atoms with Crippen LogP contribution in [0.2, 0.25) is 10.0 Å². The lowest BCUT2D eigenvalue weighted by atomic mass is 10.1. The van der Waals surface area contributed by atoms with Gasteiger partial charge in [-0.25, -0.2) is 4.79 Å². The number of ether oxygens (including phenoxy) is 2. The quantitative estimate of drug-likeness (QED) is 0.680. The molecule has 0 aliphatic rings. The summed E-state index contributed by atoms with van der Waals surface area (Å²) in [4.78, 5) is 24.3. The summed E-state index contributed by atoms with van der Waals surface area (Å²) in [5.74, 6) is -0.596. The van der Waals surface area contributed by atoms with Gasteiger partial charge in [0.05, 0.1) is 6.04 Å². The van der Waals surface area contributed by atoms with Crippen molar-refractivity contribution < 1.29 is 19.1 Å². The molecule has 144 valence electrons. The van der Waals surface area contributed by atoms with Gasteiger partial charge in [-0.2, -0.15) is 0 Å². The van der Waals surface area contributed by atoms with Gasteiger partial charge in [0.25, 0.3) is 5.91 Å². The zero-order valence-electron chi connectivity index (χ0n) is 15.3. The molecular weight excluding hydrogens is 389 g/mol. The van der Waals surface area contributed by atoms with E-state index in [1.807, 2.05) is 13.0 Å². The molecule has 0 unspecified atom stereocenters. The summed E-state index contributed by atoms with van der Waals surface area (Å²) in [6, 6.07) is 13.5. The summed E-state index contributed by atoms with van der Waals surface area (Å²) >= 11 is 11.8. The minimum Gasteiger partial charge on any atom is -0.476 e. The molecule has 0 spiro atoms. The van der Waals surface area contributed by atoms with Gasteiger partial charge in [0.1, 0.15) is 5.75 Å². The Morgan fingerprint density at radius 3 is 2.37 bits per heavy atom. The smallest absolute Gasteiger partial charge is 0.350 e. The van der Waals surface area contributed by atoms with E-state index >= 15 is 0 Å². The van der Waals surface area contributed by atoms with Crippen molar-refractivity contribution in [3.63, 3.8) is 0 Å². The molecular formula is C20H21Cl2NO4. The van der Waals surface area contributed by atoms with E-state index in [2.05, 4.69) is 5.32 Å². The molecule has 0 aliphatic heterocycles. The highest BCUT2D eigenvalue weighted by molar-refractivity contribution is 6.30. The topological polar surface area (TPSA) is 64.6 Å². The monoisotopic (exact) mass is 409 g/mol. The van der Waals surface area contributed by atoms with Crippen molar-refractivity contribution in [2.45, 2.75) is 32.4 Å². The number of hydrogen-bond acceptors (Lipinski definition) is 4. The second-order valence-corrected chi connectivity index (χ2v) is 7.36. The first kappa shape index (κ1) is 21.1. The molecule has 2 rings (SSSR count). The predicted molar refractivity (Wildman–Crippen MR) is 105 cm³/mol. The van der Waals surface area contributed by atoms with Crippen LogP contribution in [0, 0.1) is 0 Å². The van der Waals surface area contributed by atoms with Crippen molar-refractivity contribution in [1.82, 2.24) is 5.32 Å². The summed E-state index contributed by atoms with van der Waals surface area (Å²) in [5.41, 5.74) is -0.402. The Morgan fingerprint density at radius 2 is 1.74 bits per heavy atom. The van der Waals surface area contributed by atoms with E-state index in [4.69, 9.17) is 32.7 Å². The van der Waals surface area contributed by atoms with Crippen LogP contribution >= 0.6 is 23.2 Å². The number of rotatable bonds is 7. The van der Waals surface area contributed by atoms with E-state index in [1.54, 1.807) is 56.3 Å². The van der Waals surface area contributed by atoms with Gasteiger partial charge in [-0.05, 0) is 62.7 Å². The third kappa shape index (κ3) is 6.45. The molecule has 0 bridgehead atoms. The molecule has 0 aliphatic carbocycles. The van der Waals surface area contributed by atoms with Crippen molar-refractivity contribution in [2.75, 3.05) is 6.61 Å². The predicted octanol–water partition coefficient (Wildman–Crippen LogP) is 4.57. The Labute approximate surface area is 168 Å². The van der Waals surface area contributed by atoms with Gasteiger partial charge in [-0.3, -0.25) is 4.79 Å². The number of carbonyl (C=O) groups is 2. The van der Waals surface area contributed by atoms with Gasteiger partial charge in [-0.1, -0.05) is 35.3 Å². The number of halogens is 2. The zero-order chi connectivity index (χ0) is 20.0. The molecule has 0 saturated heterocycles. The summed E-state index contributed by atoms with van der Waals surface area (Å²) in [5, 5.41) is 3.90. The van der Waals surface area contributed by atoms with Crippen LogP contribution in [0.5, 0.6) is 5.75 Å². The highest BCUT2D eigenvalue weighted by atomic mass is 35.5. The number of benzene rings is 2. The van der Waals surface area contributed by atoms with Gasteiger partial charge in [-0.15, -0.1) is 0 Å². The normalized spacial score (nSPS) is 12.2. The largest absolute Gasteiger partial charge is 0.476 e. The van der Waals surface area contributed by atoms with Crippen molar-refractivity contribution >= 4 is 35.1 Å². The van der Waals surface area contributed by atoms with Crippen molar-refractivity contribution in [3.05, 3.63) is 64.1 Å². The minimum absolute atomic E-state index is 0.270. The summed E-state index contributed by atoms with van der Waals surface area (Å²) in [6.45, 7) is 4.54. The summed E-state index contributed by atoms with van der Waals surface area (Å²) in [6.07, 6.45) is 0. The van der Waals surface area contributed by atoms with E-state index < -0.39 is 24.1 Å². The molecule has 0 saturated carbocycles. The maximum Gasteiger partial charge on any atom is 0.350 e. The SMILES string of the molecule is C[C@H](NC(=O)COC(=O)C(C)(C)Oc1ccc(Cl)cc1)c1cccc(Cl)c1. The average Bonchev–Trinajstić information content (AvgIpc) is 2.61. The Balaban J connectivity index is 1.86. The third-order valence-electron chi connectivity index (χ3n) is 3.74. The molecule has 0 radical (unpaired) electrons. The lowest BCUT2D eigenvalue weighted by molar-refractivity contribution is -0.162. The van der Waals surface area contributed by atoms with Crippen molar-refractivity contribution in [3.8, 4) is 5.75 Å². The molecule has 2 aromatic rings. The number of amides is 1. The van der Waals surface area contributed by atoms with Crippen LogP contribution in [0.25, 0.3) is 0 Å².